The van der Waals surface area contributed by atoms with Gasteiger partial charge < -0.3 is 10.1 Å². The summed E-state index contributed by atoms with van der Waals surface area (Å²) in [5.41, 5.74) is 0.372. The second-order valence-electron chi connectivity index (χ2n) is 6.16. The molecule has 3 nitrogen and oxygen atoms in total. The zero-order chi connectivity index (χ0) is 13.7. The van der Waals surface area contributed by atoms with Gasteiger partial charge in [-0.3, -0.25) is 0 Å². The first-order valence-corrected chi connectivity index (χ1v) is 8.01. The SMILES string of the molecule is CCOC1CC(NC(CC)CC#N)C12CCCCC2. The highest BCUT2D eigenvalue weighted by molar-refractivity contribution is 5.09. The molecule has 0 aromatic heterocycles. The Kier molecular flexibility index (Phi) is 5.24. The Hall–Kier alpha value is -0.590. The van der Waals surface area contributed by atoms with Gasteiger partial charge in [0.25, 0.3) is 0 Å². The van der Waals surface area contributed by atoms with Crippen molar-refractivity contribution in [3.05, 3.63) is 0 Å². The predicted molar refractivity (Wildman–Crippen MR) is 76.8 cm³/mol. The maximum atomic E-state index is 8.89. The van der Waals surface area contributed by atoms with Gasteiger partial charge in [0.2, 0.25) is 0 Å². The van der Waals surface area contributed by atoms with E-state index in [2.05, 4.69) is 25.2 Å². The van der Waals surface area contributed by atoms with Crippen LogP contribution in [0.15, 0.2) is 0 Å². The van der Waals surface area contributed by atoms with Gasteiger partial charge in [0, 0.05) is 24.1 Å². The van der Waals surface area contributed by atoms with Gasteiger partial charge in [-0.2, -0.15) is 5.26 Å². The number of nitrogens with zero attached hydrogens (tertiary/aromatic N) is 1. The first kappa shape index (κ1) is 14.8. The Morgan fingerprint density at radius 1 is 1.32 bits per heavy atom. The topological polar surface area (TPSA) is 45.0 Å². The van der Waals surface area contributed by atoms with Gasteiger partial charge in [0.05, 0.1) is 18.6 Å². The lowest BCUT2D eigenvalue weighted by Crippen LogP contribution is -2.65. The molecular formula is C16H28N2O. The minimum Gasteiger partial charge on any atom is -0.378 e. The van der Waals surface area contributed by atoms with E-state index in [-0.39, 0.29) is 0 Å². The molecule has 2 aliphatic carbocycles. The first-order chi connectivity index (χ1) is 9.26. The molecule has 2 fully saturated rings. The van der Waals surface area contributed by atoms with Gasteiger partial charge >= 0.3 is 0 Å². The van der Waals surface area contributed by atoms with Gasteiger partial charge in [0.15, 0.2) is 0 Å². The Morgan fingerprint density at radius 2 is 2.05 bits per heavy atom. The third-order valence-corrected chi connectivity index (χ3v) is 5.20. The Balaban J connectivity index is 1.98. The molecule has 0 aromatic carbocycles. The summed E-state index contributed by atoms with van der Waals surface area (Å²) in [6, 6.07) is 3.24. The van der Waals surface area contributed by atoms with Crippen LogP contribution in [0, 0.1) is 16.7 Å². The molecule has 1 spiro atoms. The molecule has 3 heteroatoms. The normalized spacial score (nSPS) is 30.6. The van der Waals surface area contributed by atoms with E-state index < -0.39 is 0 Å². The van der Waals surface area contributed by atoms with Crippen LogP contribution in [0.4, 0.5) is 0 Å². The van der Waals surface area contributed by atoms with Crippen LogP contribution < -0.4 is 5.32 Å². The summed E-state index contributed by atoms with van der Waals surface area (Å²) in [6.07, 6.45) is 9.93. The summed E-state index contributed by atoms with van der Waals surface area (Å²) in [7, 11) is 0. The summed E-state index contributed by atoms with van der Waals surface area (Å²) in [6.45, 7) is 5.09. The minimum absolute atomic E-state index is 0.358. The fraction of sp³-hybridized carbons (Fsp3) is 0.938. The van der Waals surface area contributed by atoms with Crippen molar-refractivity contribution in [3.8, 4) is 6.07 Å². The molecule has 2 saturated carbocycles. The fourth-order valence-electron chi connectivity index (χ4n) is 4.01. The fourth-order valence-corrected chi connectivity index (χ4v) is 4.01. The molecule has 0 aromatic rings. The largest absolute Gasteiger partial charge is 0.378 e. The van der Waals surface area contributed by atoms with Gasteiger partial charge in [-0.1, -0.05) is 26.2 Å². The summed E-state index contributed by atoms with van der Waals surface area (Å²) >= 11 is 0. The highest BCUT2D eigenvalue weighted by atomic mass is 16.5. The number of nitrogens with one attached hydrogen (secondary N) is 1. The van der Waals surface area contributed by atoms with E-state index in [1.54, 1.807) is 0 Å². The molecule has 0 saturated heterocycles. The zero-order valence-electron chi connectivity index (χ0n) is 12.5. The second-order valence-corrected chi connectivity index (χ2v) is 6.16. The standard InChI is InChI=1S/C16H28N2O/c1-3-13(8-11-17)18-14-12-15(19-4-2)16(14)9-6-5-7-10-16/h13-15,18H,3-10,12H2,1-2H3. The van der Waals surface area contributed by atoms with E-state index in [1.807, 2.05) is 0 Å². The third kappa shape index (κ3) is 2.95. The summed E-state index contributed by atoms with van der Waals surface area (Å²) in [5.74, 6) is 0. The van der Waals surface area contributed by atoms with E-state index in [0.717, 1.165) is 19.4 Å². The Bertz CT molecular complexity index is 317. The molecule has 1 N–H and O–H groups in total. The second kappa shape index (κ2) is 6.72. The molecule has 19 heavy (non-hydrogen) atoms. The quantitative estimate of drug-likeness (QED) is 0.799. The van der Waals surface area contributed by atoms with Gasteiger partial charge in [0.1, 0.15) is 0 Å². The summed E-state index contributed by atoms with van der Waals surface area (Å²) in [5, 5.41) is 12.6. The van der Waals surface area contributed by atoms with Crippen molar-refractivity contribution in [1.82, 2.24) is 5.32 Å². The van der Waals surface area contributed by atoms with Crippen molar-refractivity contribution in [3.63, 3.8) is 0 Å². The van der Waals surface area contributed by atoms with Crippen molar-refractivity contribution in [2.75, 3.05) is 6.61 Å². The number of hydrogen-bond acceptors (Lipinski definition) is 3. The molecular weight excluding hydrogens is 236 g/mol. The number of hydrogen-bond donors (Lipinski definition) is 1. The monoisotopic (exact) mass is 264 g/mol. The van der Waals surface area contributed by atoms with Crippen molar-refractivity contribution in [2.45, 2.75) is 83.4 Å². The van der Waals surface area contributed by atoms with Crippen LogP contribution in [0.2, 0.25) is 0 Å². The minimum atomic E-state index is 0.358. The average Bonchev–Trinajstić information content (AvgIpc) is 2.46. The van der Waals surface area contributed by atoms with Crippen LogP contribution in [0.25, 0.3) is 0 Å². The van der Waals surface area contributed by atoms with E-state index in [9.17, 15) is 0 Å². The molecule has 3 unspecified atom stereocenters. The number of ether oxygens (including phenoxy) is 1. The molecule has 3 atom stereocenters. The van der Waals surface area contributed by atoms with Gasteiger partial charge in [-0.15, -0.1) is 0 Å². The van der Waals surface area contributed by atoms with Crippen LogP contribution in [0.5, 0.6) is 0 Å². The van der Waals surface area contributed by atoms with Crippen LogP contribution >= 0.6 is 0 Å². The molecule has 0 bridgehead atoms. The lowest BCUT2D eigenvalue weighted by atomic mass is 9.55. The average molecular weight is 264 g/mol. The van der Waals surface area contributed by atoms with E-state index in [4.69, 9.17) is 10.00 Å². The van der Waals surface area contributed by atoms with Crippen molar-refractivity contribution < 1.29 is 4.74 Å². The molecule has 2 rings (SSSR count). The summed E-state index contributed by atoms with van der Waals surface area (Å²) in [4.78, 5) is 0. The lowest BCUT2D eigenvalue weighted by Gasteiger charge is -2.58. The third-order valence-electron chi connectivity index (χ3n) is 5.20. The van der Waals surface area contributed by atoms with E-state index >= 15 is 0 Å². The molecule has 0 heterocycles. The Labute approximate surface area is 117 Å². The van der Waals surface area contributed by atoms with Crippen molar-refractivity contribution >= 4 is 0 Å². The molecule has 0 aliphatic heterocycles. The zero-order valence-corrected chi connectivity index (χ0v) is 12.5. The van der Waals surface area contributed by atoms with Crippen LogP contribution in [-0.2, 0) is 4.74 Å². The molecule has 108 valence electrons. The number of nitriles is 1. The summed E-state index contributed by atoms with van der Waals surface area (Å²) < 4.78 is 5.97. The van der Waals surface area contributed by atoms with Gasteiger partial charge in [-0.25, -0.2) is 0 Å². The highest BCUT2D eigenvalue weighted by Gasteiger charge is 2.55. The lowest BCUT2D eigenvalue weighted by molar-refractivity contribution is -0.152. The molecule has 2 aliphatic rings. The smallest absolute Gasteiger partial charge is 0.0661 e. The van der Waals surface area contributed by atoms with E-state index in [1.165, 1.54) is 32.1 Å². The molecule has 0 radical (unpaired) electrons. The van der Waals surface area contributed by atoms with E-state index in [0.29, 0.717) is 30.0 Å². The first-order valence-electron chi connectivity index (χ1n) is 8.01. The predicted octanol–water partition coefficient (Wildman–Crippen LogP) is 3.40. The Morgan fingerprint density at radius 3 is 2.63 bits per heavy atom. The maximum absolute atomic E-state index is 8.89. The van der Waals surface area contributed by atoms with Crippen molar-refractivity contribution in [1.29, 1.82) is 5.26 Å². The van der Waals surface area contributed by atoms with Crippen molar-refractivity contribution in [2.24, 2.45) is 5.41 Å². The van der Waals surface area contributed by atoms with Gasteiger partial charge in [-0.05, 0) is 32.6 Å². The van der Waals surface area contributed by atoms with Crippen LogP contribution in [0.1, 0.15) is 65.2 Å². The van der Waals surface area contributed by atoms with Crippen LogP contribution in [0.3, 0.4) is 0 Å². The maximum Gasteiger partial charge on any atom is 0.0661 e. The molecule has 0 amide bonds. The highest BCUT2D eigenvalue weighted by Crippen LogP contribution is 2.53. The number of rotatable bonds is 6. The van der Waals surface area contributed by atoms with Crippen LogP contribution in [-0.4, -0.2) is 24.8 Å².